The van der Waals surface area contributed by atoms with E-state index in [2.05, 4.69) is 20.5 Å². The van der Waals surface area contributed by atoms with Crippen molar-refractivity contribution in [1.29, 1.82) is 0 Å². The summed E-state index contributed by atoms with van der Waals surface area (Å²) in [5, 5.41) is 7.47. The summed E-state index contributed by atoms with van der Waals surface area (Å²) in [6.07, 6.45) is -0.467. The van der Waals surface area contributed by atoms with Crippen molar-refractivity contribution in [3.63, 3.8) is 0 Å². The van der Waals surface area contributed by atoms with E-state index in [9.17, 15) is 13.6 Å². The van der Waals surface area contributed by atoms with Crippen LogP contribution in [0.25, 0.3) is 0 Å². The summed E-state index contributed by atoms with van der Waals surface area (Å²) in [5.41, 5.74) is 0.868. The normalized spacial score (nSPS) is 23.2. The Labute approximate surface area is 155 Å². The predicted octanol–water partition coefficient (Wildman–Crippen LogP) is 1.75. The maximum Gasteiger partial charge on any atom is 0.262 e. The highest BCUT2D eigenvalue weighted by molar-refractivity contribution is 7.13. The minimum atomic E-state index is -2.81. The molecule has 0 bridgehead atoms. The molecule has 2 aliphatic heterocycles. The molecule has 6 nitrogen and oxygen atoms in total. The van der Waals surface area contributed by atoms with E-state index in [1.54, 1.807) is 0 Å². The van der Waals surface area contributed by atoms with E-state index in [0.717, 1.165) is 32.0 Å². The molecule has 3 rings (SSSR count). The third kappa shape index (κ3) is 5.75. The number of nitrogens with one attached hydrogen (secondary N) is 2. The fourth-order valence-corrected chi connectivity index (χ4v) is 3.22. The molecular weight excluding hydrogens is 385 g/mol. The van der Waals surface area contributed by atoms with Gasteiger partial charge in [-0.2, -0.15) is 0 Å². The number of morpholine rings is 1. The number of amides is 1. The van der Waals surface area contributed by atoms with Gasteiger partial charge in [0.2, 0.25) is 5.91 Å². The molecule has 138 valence electrons. The molecule has 2 saturated heterocycles. The van der Waals surface area contributed by atoms with E-state index in [1.807, 2.05) is 5.38 Å². The molecule has 1 amide bonds. The second kappa shape index (κ2) is 9.21. The molecule has 3 heterocycles. The molecule has 2 aliphatic rings. The molecule has 0 radical (unpaired) electrons. The fraction of sp³-hybridized carbons (Fsp3) is 0.692. The highest BCUT2D eigenvalue weighted by atomic mass is 35.5. The number of thiazole rings is 1. The van der Waals surface area contributed by atoms with Gasteiger partial charge in [-0.1, -0.05) is 0 Å². The van der Waals surface area contributed by atoms with Crippen molar-refractivity contribution in [3.05, 3.63) is 11.1 Å². The highest BCUT2D eigenvalue weighted by Gasteiger charge is 2.42. The number of hydrogen-bond acceptors (Lipinski definition) is 6. The number of aromatic nitrogens is 1. The van der Waals surface area contributed by atoms with Crippen molar-refractivity contribution in [2.24, 2.45) is 0 Å². The smallest absolute Gasteiger partial charge is 0.262 e. The number of hydrogen-bond donors (Lipinski definition) is 2. The van der Waals surface area contributed by atoms with Gasteiger partial charge in [-0.15, -0.1) is 36.2 Å². The van der Waals surface area contributed by atoms with Gasteiger partial charge in [-0.25, -0.2) is 13.8 Å². The van der Waals surface area contributed by atoms with Crippen LogP contribution < -0.4 is 10.6 Å². The van der Waals surface area contributed by atoms with Crippen LogP contribution in [0.5, 0.6) is 0 Å². The van der Waals surface area contributed by atoms with E-state index in [4.69, 9.17) is 4.74 Å². The predicted molar refractivity (Wildman–Crippen MR) is 92.7 cm³/mol. The van der Waals surface area contributed by atoms with Gasteiger partial charge < -0.3 is 10.1 Å². The van der Waals surface area contributed by atoms with Gasteiger partial charge in [0.15, 0.2) is 5.13 Å². The highest BCUT2D eigenvalue weighted by Crippen LogP contribution is 2.26. The van der Waals surface area contributed by atoms with Crippen LogP contribution in [0.2, 0.25) is 0 Å². The van der Waals surface area contributed by atoms with Gasteiger partial charge in [0.05, 0.1) is 31.5 Å². The van der Waals surface area contributed by atoms with E-state index in [1.165, 1.54) is 11.3 Å². The Balaban J connectivity index is 0.00000144. The topological polar surface area (TPSA) is 66.5 Å². The van der Waals surface area contributed by atoms with Crippen molar-refractivity contribution in [3.8, 4) is 0 Å². The summed E-state index contributed by atoms with van der Waals surface area (Å²) >= 11 is 1.31. The second-order valence-electron chi connectivity index (χ2n) is 5.52. The standard InChI is InChI=1S/C13H18F2N4O2S.2ClH/c14-13(15)5-10(16-8-13)11(20)18-12-17-9(7-22-12)6-19-1-3-21-4-2-19;;/h7,10,16H,1-6,8H2,(H,17,18,20);2*1H. The van der Waals surface area contributed by atoms with Crippen LogP contribution >= 0.6 is 36.2 Å². The van der Waals surface area contributed by atoms with Gasteiger partial charge in [-0.05, 0) is 0 Å². The third-order valence-electron chi connectivity index (χ3n) is 3.70. The summed E-state index contributed by atoms with van der Waals surface area (Å²) in [6, 6.07) is -0.860. The lowest BCUT2D eigenvalue weighted by atomic mass is 10.2. The first kappa shape index (κ1) is 21.5. The largest absolute Gasteiger partial charge is 0.379 e. The molecular formula is C13H20Cl2F2N4O2S. The minimum Gasteiger partial charge on any atom is -0.379 e. The Morgan fingerprint density at radius 1 is 1.46 bits per heavy atom. The van der Waals surface area contributed by atoms with Gasteiger partial charge >= 0.3 is 0 Å². The Morgan fingerprint density at radius 2 is 2.17 bits per heavy atom. The average Bonchev–Trinajstić information content (AvgIpc) is 3.06. The Bertz CT molecular complexity index is 544. The summed E-state index contributed by atoms with van der Waals surface area (Å²) in [5.74, 6) is -3.27. The Hall–Kier alpha value is -0.580. The number of rotatable bonds is 4. The molecule has 11 heteroatoms. The third-order valence-corrected chi connectivity index (χ3v) is 4.50. The minimum absolute atomic E-state index is 0. The number of carbonyl (C=O) groups is 1. The van der Waals surface area contributed by atoms with Gasteiger partial charge in [0, 0.05) is 31.4 Å². The Morgan fingerprint density at radius 3 is 2.79 bits per heavy atom. The molecule has 0 saturated carbocycles. The monoisotopic (exact) mass is 404 g/mol. The average molecular weight is 405 g/mol. The van der Waals surface area contributed by atoms with Crippen LogP contribution in [0.3, 0.4) is 0 Å². The number of carbonyl (C=O) groups excluding carboxylic acids is 1. The first-order chi connectivity index (χ1) is 10.5. The van der Waals surface area contributed by atoms with Crippen LogP contribution in [-0.4, -0.2) is 60.6 Å². The van der Waals surface area contributed by atoms with Gasteiger partial charge in [0.25, 0.3) is 5.92 Å². The van der Waals surface area contributed by atoms with E-state index < -0.39 is 30.8 Å². The molecule has 0 aromatic carbocycles. The van der Waals surface area contributed by atoms with Crippen LogP contribution in [0.4, 0.5) is 13.9 Å². The van der Waals surface area contributed by atoms with Crippen molar-refractivity contribution in [2.75, 3.05) is 38.2 Å². The second-order valence-corrected chi connectivity index (χ2v) is 6.37. The molecule has 1 aromatic rings. The first-order valence-electron chi connectivity index (χ1n) is 7.18. The molecule has 24 heavy (non-hydrogen) atoms. The molecule has 2 N–H and O–H groups in total. The van der Waals surface area contributed by atoms with Gasteiger partial charge in [-0.3, -0.25) is 15.0 Å². The zero-order valence-corrected chi connectivity index (χ0v) is 15.2. The number of alkyl halides is 2. The Kier molecular flexibility index (Phi) is 8.24. The molecule has 2 fully saturated rings. The summed E-state index contributed by atoms with van der Waals surface area (Å²) in [7, 11) is 0. The van der Waals surface area contributed by atoms with Crippen LogP contribution in [0.1, 0.15) is 12.1 Å². The summed E-state index contributed by atoms with van der Waals surface area (Å²) < 4.78 is 31.5. The van der Waals surface area contributed by atoms with E-state index in [-0.39, 0.29) is 24.8 Å². The van der Waals surface area contributed by atoms with Crippen molar-refractivity contribution >= 4 is 47.2 Å². The molecule has 1 aromatic heterocycles. The lowest BCUT2D eigenvalue weighted by Crippen LogP contribution is -2.36. The summed E-state index contributed by atoms with van der Waals surface area (Å²) in [6.45, 7) is 3.41. The maximum atomic E-state index is 13.1. The lowest BCUT2D eigenvalue weighted by molar-refractivity contribution is -0.118. The maximum absolute atomic E-state index is 13.1. The van der Waals surface area contributed by atoms with Gasteiger partial charge in [0.1, 0.15) is 0 Å². The SMILES string of the molecule is Cl.Cl.O=C(Nc1nc(CN2CCOCC2)cs1)C1CC(F)(F)CN1. The van der Waals surface area contributed by atoms with Crippen molar-refractivity contribution in [2.45, 2.75) is 24.9 Å². The number of anilines is 1. The molecule has 0 aliphatic carbocycles. The molecule has 1 atom stereocenters. The first-order valence-corrected chi connectivity index (χ1v) is 8.06. The number of nitrogens with zero attached hydrogens (tertiary/aromatic N) is 2. The van der Waals surface area contributed by atoms with E-state index in [0.29, 0.717) is 11.7 Å². The lowest BCUT2D eigenvalue weighted by Gasteiger charge is -2.25. The fourth-order valence-electron chi connectivity index (χ4n) is 2.52. The molecule has 1 unspecified atom stereocenters. The van der Waals surface area contributed by atoms with Crippen LogP contribution in [0.15, 0.2) is 5.38 Å². The number of halogens is 4. The van der Waals surface area contributed by atoms with Crippen molar-refractivity contribution in [1.82, 2.24) is 15.2 Å². The zero-order valence-electron chi connectivity index (χ0n) is 12.8. The van der Waals surface area contributed by atoms with Crippen molar-refractivity contribution < 1.29 is 18.3 Å². The van der Waals surface area contributed by atoms with Crippen LogP contribution in [0, 0.1) is 0 Å². The van der Waals surface area contributed by atoms with E-state index >= 15 is 0 Å². The summed E-state index contributed by atoms with van der Waals surface area (Å²) in [4.78, 5) is 18.5. The molecule has 0 spiro atoms. The number of ether oxygens (including phenoxy) is 1. The quantitative estimate of drug-likeness (QED) is 0.799. The zero-order chi connectivity index (χ0) is 15.6. The van der Waals surface area contributed by atoms with Crippen LogP contribution in [-0.2, 0) is 16.1 Å².